The number of ether oxygens (including phenoxy) is 1. The number of benzene rings is 1. The van der Waals surface area contributed by atoms with E-state index in [4.69, 9.17) is 4.74 Å². The second-order valence-corrected chi connectivity index (χ2v) is 9.65. The number of hydrogen-bond acceptors (Lipinski definition) is 2. The molecule has 0 aromatic heterocycles. The number of nitrogens with one attached hydrogen (secondary N) is 1. The molecule has 1 N–H and O–H groups in total. The zero-order valence-electron chi connectivity index (χ0n) is 21.5. The Labute approximate surface area is 211 Å². The Morgan fingerprint density at radius 2 is 2.20 bits per heavy atom. The summed E-state index contributed by atoms with van der Waals surface area (Å²) in [4.78, 5) is 0. The molecule has 1 aromatic rings. The summed E-state index contributed by atoms with van der Waals surface area (Å²) in [6.07, 6.45) is 18.2. The summed E-state index contributed by atoms with van der Waals surface area (Å²) in [5.41, 5.74) is 9.07. The quantitative estimate of drug-likeness (QED) is 0.277. The second kappa shape index (κ2) is 13.4. The lowest BCUT2D eigenvalue weighted by molar-refractivity contribution is 0.111. The molecule has 0 radical (unpaired) electrons. The summed E-state index contributed by atoms with van der Waals surface area (Å²) in [7, 11) is 3.75. The van der Waals surface area contributed by atoms with Crippen molar-refractivity contribution in [3.63, 3.8) is 0 Å². The molecule has 0 spiro atoms. The first-order valence-electron chi connectivity index (χ1n) is 12.7. The molecule has 3 rings (SSSR count). The van der Waals surface area contributed by atoms with E-state index in [0.29, 0.717) is 6.04 Å². The van der Waals surface area contributed by atoms with Gasteiger partial charge in [0.2, 0.25) is 0 Å². The Balaban J connectivity index is 2.04. The molecule has 186 valence electrons. The predicted molar refractivity (Wildman–Crippen MR) is 146 cm³/mol. The average molecular weight is 474 g/mol. The van der Waals surface area contributed by atoms with Crippen LogP contribution in [0.1, 0.15) is 56.9 Å². The van der Waals surface area contributed by atoms with Crippen molar-refractivity contribution in [2.75, 3.05) is 14.2 Å². The number of allylic oxidation sites excluding steroid dienone is 7. The van der Waals surface area contributed by atoms with Crippen LogP contribution in [0.3, 0.4) is 0 Å². The van der Waals surface area contributed by atoms with Crippen LogP contribution in [-0.4, -0.2) is 26.3 Å². The summed E-state index contributed by atoms with van der Waals surface area (Å²) in [6.45, 7) is 10.8. The van der Waals surface area contributed by atoms with E-state index < -0.39 is 0 Å². The van der Waals surface area contributed by atoms with E-state index in [1.54, 1.807) is 19.2 Å². The Bertz CT molecular complexity index is 1050. The molecule has 1 aromatic carbocycles. The minimum Gasteiger partial charge on any atom is -0.377 e. The van der Waals surface area contributed by atoms with E-state index >= 15 is 0 Å². The van der Waals surface area contributed by atoms with Crippen molar-refractivity contribution >= 4 is 0 Å². The third kappa shape index (κ3) is 7.39. The molecule has 35 heavy (non-hydrogen) atoms. The Morgan fingerprint density at radius 3 is 2.91 bits per heavy atom. The van der Waals surface area contributed by atoms with Gasteiger partial charge in [0.1, 0.15) is 5.82 Å². The number of hydrogen-bond donors (Lipinski definition) is 1. The lowest BCUT2D eigenvalue weighted by Gasteiger charge is -2.34. The van der Waals surface area contributed by atoms with E-state index in [1.165, 1.54) is 22.8 Å². The molecule has 2 nitrogen and oxygen atoms in total. The molecule has 0 aliphatic heterocycles. The first kappa shape index (κ1) is 26.9. The van der Waals surface area contributed by atoms with Crippen LogP contribution in [0.15, 0.2) is 102 Å². The fourth-order valence-electron chi connectivity index (χ4n) is 5.04. The smallest absolute Gasteiger partial charge is 0.123 e. The van der Waals surface area contributed by atoms with Crippen LogP contribution in [0.25, 0.3) is 0 Å². The first-order chi connectivity index (χ1) is 17.0. The number of methoxy groups -OCH3 is 1. The van der Waals surface area contributed by atoms with Gasteiger partial charge in [0.25, 0.3) is 0 Å². The minimum atomic E-state index is -0.192. The fraction of sp³-hybridized carbons (Fsp3) is 0.406. The van der Waals surface area contributed by atoms with Crippen molar-refractivity contribution in [2.24, 2.45) is 5.92 Å². The minimum absolute atomic E-state index is 0.0810. The van der Waals surface area contributed by atoms with E-state index in [2.05, 4.69) is 49.4 Å². The maximum atomic E-state index is 14.1. The highest BCUT2D eigenvalue weighted by Gasteiger charge is 2.31. The Hall–Kier alpha value is -2.71. The molecule has 4 atom stereocenters. The van der Waals surface area contributed by atoms with Gasteiger partial charge in [-0.05, 0) is 111 Å². The topological polar surface area (TPSA) is 21.3 Å². The highest BCUT2D eigenvalue weighted by Crippen LogP contribution is 2.42. The first-order valence-corrected chi connectivity index (χ1v) is 12.7. The van der Waals surface area contributed by atoms with Crippen LogP contribution >= 0.6 is 0 Å². The van der Waals surface area contributed by atoms with Crippen molar-refractivity contribution < 1.29 is 9.13 Å². The van der Waals surface area contributed by atoms with Crippen LogP contribution in [-0.2, 0) is 4.74 Å². The van der Waals surface area contributed by atoms with Crippen LogP contribution in [0.4, 0.5) is 4.39 Å². The molecular formula is C32H40FNO. The molecule has 1 fully saturated rings. The van der Waals surface area contributed by atoms with Crippen LogP contribution in [0.2, 0.25) is 0 Å². The van der Waals surface area contributed by atoms with Crippen LogP contribution in [0.5, 0.6) is 0 Å². The van der Waals surface area contributed by atoms with Crippen molar-refractivity contribution in [1.29, 1.82) is 0 Å². The highest BCUT2D eigenvalue weighted by atomic mass is 19.1. The zero-order chi connectivity index (χ0) is 25.2. The van der Waals surface area contributed by atoms with Gasteiger partial charge in [-0.15, -0.1) is 5.73 Å². The van der Waals surface area contributed by atoms with Gasteiger partial charge < -0.3 is 10.1 Å². The van der Waals surface area contributed by atoms with Crippen LogP contribution < -0.4 is 5.32 Å². The predicted octanol–water partition coefficient (Wildman–Crippen LogP) is 7.75. The third-order valence-electron chi connectivity index (χ3n) is 7.31. The van der Waals surface area contributed by atoms with Crippen molar-refractivity contribution in [1.82, 2.24) is 5.32 Å². The summed E-state index contributed by atoms with van der Waals surface area (Å²) < 4.78 is 19.9. The van der Waals surface area contributed by atoms with Gasteiger partial charge in [0.15, 0.2) is 0 Å². The molecule has 0 amide bonds. The molecule has 3 heteroatoms. The molecular weight excluding hydrogens is 433 g/mol. The van der Waals surface area contributed by atoms with Crippen molar-refractivity contribution in [3.8, 4) is 0 Å². The molecule has 4 unspecified atom stereocenters. The van der Waals surface area contributed by atoms with E-state index in [9.17, 15) is 4.39 Å². The number of rotatable bonds is 10. The van der Waals surface area contributed by atoms with Gasteiger partial charge in [-0.3, -0.25) is 0 Å². The van der Waals surface area contributed by atoms with Gasteiger partial charge in [0.05, 0.1) is 6.10 Å². The largest absolute Gasteiger partial charge is 0.377 e. The van der Waals surface area contributed by atoms with E-state index in [-0.39, 0.29) is 23.8 Å². The van der Waals surface area contributed by atoms with Gasteiger partial charge in [0, 0.05) is 19.1 Å². The SMILES string of the molecule is C=CC(=CC(CCCC(C)NC)=C1CC(c2cccc(F)c2)CC(OC)C1=C)C1C=C=CC=CC1. The standard InChI is InChI=1S/C32H40FNO/c1-6-25(26-14-9-7-8-10-15-26)19-28(17-11-13-23(2)34-4)31-21-29(22-32(35-5)24(31)3)27-16-12-18-30(33)20-27/h6-9,12,15-16,18-20,23,26,29,32,34H,1,3,11,13-14,17,21-22H2,2,4-5H3. The van der Waals surface area contributed by atoms with E-state index in [0.717, 1.165) is 49.7 Å². The monoisotopic (exact) mass is 473 g/mol. The lowest BCUT2D eigenvalue weighted by Crippen LogP contribution is -2.25. The fourth-order valence-corrected chi connectivity index (χ4v) is 5.04. The van der Waals surface area contributed by atoms with Crippen LogP contribution in [0, 0.1) is 11.7 Å². The lowest BCUT2D eigenvalue weighted by atomic mass is 9.74. The molecule has 0 bridgehead atoms. The summed E-state index contributed by atoms with van der Waals surface area (Å²) >= 11 is 0. The van der Waals surface area contributed by atoms with Gasteiger partial charge in [-0.25, -0.2) is 4.39 Å². The summed E-state index contributed by atoms with van der Waals surface area (Å²) in [5, 5.41) is 3.34. The average Bonchev–Trinajstić information content (AvgIpc) is 3.16. The molecule has 2 aliphatic carbocycles. The molecule has 1 saturated carbocycles. The zero-order valence-corrected chi connectivity index (χ0v) is 21.5. The maximum Gasteiger partial charge on any atom is 0.123 e. The number of halogens is 1. The normalized spacial score (nSPS) is 24.9. The van der Waals surface area contributed by atoms with Gasteiger partial charge in [-0.1, -0.05) is 49.6 Å². The maximum absolute atomic E-state index is 14.1. The third-order valence-corrected chi connectivity index (χ3v) is 7.31. The van der Waals surface area contributed by atoms with E-state index in [1.807, 2.05) is 31.3 Å². The van der Waals surface area contributed by atoms with Gasteiger partial charge in [-0.2, -0.15) is 0 Å². The van der Waals surface area contributed by atoms with Crippen molar-refractivity contribution in [3.05, 3.63) is 113 Å². The molecule has 0 heterocycles. The van der Waals surface area contributed by atoms with Crippen molar-refractivity contribution in [2.45, 2.75) is 63.5 Å². The molecule has 2 aliphatic rings. The Morgan fingerprint density at radius 1 is 1.37 bits per heavy atom. The highest BCUT2D eigenvalue weighted by molar-refractivity contribution is 5.47. The summed E-state index contributed by atoms with van der Waals surface area (Å²) in [5.74, 6) is 0.234. The molecule has 0 saturated heterocycles. The Kier molecular flexibility index (Phi) is 10.3. The van der Waals surface area contributed by atoms with Gasteiger partial charge >= 0.3 is 0 Å². The second-order valence-electron chi connectivity index (χ2n) is 9.65. The summed E-state index contributed by atoms with van der Waals surface area (Å²) in [6, 6.07) is 7.46.